The van der Waals surface area contributed by atoms with Crippen LogP contribution in [-0.2, 0) is 4.79 Å². The molecule has 2 amide bonds. The van der Waals surface area contributed by atoms with E-state index >= 15 is 0 Å². The molecular weight excluding hydrogens is 398 g/mol. The Morgan fingerprint density at radius 1 is 0.938 bits per heavy atom. The fourth-order valence-electron chi connectivity index (χ4n) is 5.09. The summed E-state index contributed by atoms with van der Waals surface area (Å²) in [7, 11) is 0. The molecular formula is C27H37N3O2. The average molecular weight is 436 g/mol. The SMILES string of the molecule is CC(C)CCNC(=O)C1CCN(C2CCN(C(=O)c3ccc4ccccc4c3)CC2)CC1. The number of rotatable bonds is 6. The quantitative estimate of drug-likeness (QED) is 0.735. The predicted molar refractivity (Wildman–Crippen MR) is 130 cm³/mol. The third-order valence-electron chi connectivity index (χ3n) is 7.19. The molecule has 0 spiro atoms. The van der Waals surface area contributed by atoms with Gasteiger partial charge in [0.05, 0.1) is 0 Å². The highest BCUT2D eigenvalue weighted by molar-refractivity contribution is 5.98. The normalized spacial score (nSPS) is 18.9. The molecule has 2 fully saturated rings. The first kappa shape index (κ1) is 22.8. The lowest BCUT2D eigenvalue weighted by Gasteiger charge is -2.41. The van der Waals surface area contributed by atoms with Crippen LogP contribution in [-0.4, -0.2) is 60.4 Å². The first-order valence-corrected chi connectivity index (χ1v) is 12.3. The first-order valence-electron chi connectivity index (χ1n) is 12.3. The highest BCUT2D eigenvalue weighted by atomic mass is 16.2. The summed E-state index contributed by atoms with van der Waals surface area (Å²) >= 11 is 0. The fraction of sp³-hybridized carbons (Fsp3) is 0.556. The molecule has 4 rings (SSSR count). The monoisotopic (exact) mass is 435 g/mol. The summed E-state index contributed by atoms with van der Waals surface area (Å²) in [6.45, 7) is 8.77. The van der Waals surface area contributed by atoms with Crippen LogP contribution in [0.3, 0.4) is 0 Å². The Bertz CT molecular complexity index is 925. The van der Waals surface area contributed by atoms with Crippen molar-refractivity contribution in [3.63, 3.8) is 0 Å². The molecule has 5 heteroatoms. The van der Waals surface area contributed by atoms with E-state index in [1.165, 1.54) is 5.39 Å². The van der Waals surface area contributed by atoms with Gasteiger partial charge in [0, 0.05) is 37.2 Å². The topological polar surface area (TPSA) is 52.7 Å². The maximum absolute atomic E-state index is 13.0. The molecule has 2 aromatic carbocycles. The molecule has 5 nitrogen and oxygen atoms in total. The van der Waals surface area contributed by atoms with Crippen molar-refractivity contribution in [2.45, 2.75) is 52.0 Å². The van der Waals surface area contributed by atoms with Crippen molar-refractivity contribution in [2.24, 2.45) is 11.8 Å². The lowest BCUT2D eigenvalue weighted by molar-refractivity contribution is -0.126. The predicted octanol–water partition coefficient (Wildman–Crippen LogP) is 4.32. The lowest BCUT2D eigenvalue weighted by atomic mass is 9.92. The fourth-order valence-corrected chi connectivity index (χ4v) is 5.09. The maximum atomic E-state index is 13.0. The maximum Gasteiger partial charge on any atom is 0.253 e. The van der Waals surface area contributed by atoms with Gasteiger partial charge in [-0.15, -0.1) is 0 Å². The summed E-state index contributed by atoms with van der Waals surface area (Å²) in [5.41, 5.74) is 0.784. The van der Waals surface area contributed by atoms with Gasteiger partial charge in [0.25, 0.3) is 5.91 Å². The van der Waals surface area contributed by atoms with Crippen LogP contribution in [0.15, 0.2) is 42.5 Å². The van der Waals surface area contributed by atoms with E-state index in [0.717, 1.165) is 75.8 Å². The largest absolute Gasteiger partial charge is 0.356 e. The minimum absolute atomic E-state index is 0.144. The smallest absolute Gasteiger partial charge is 0.253 e. The molecule has 0 saturated carbocycles. The second-order valence-electron chi connectivity index (χ2n) is 9.87. The number of benzene rings is 2. The van der Waals surface area contributed by atoms with Crippen molar-refractivity contribution in [1.29, 1.82) is 0 Å². The zero-order valence-corrected chi connectivity index (χ0v) is 19.6. The van der Waals surface area contributed by atoms with Crippen LogP contribution in [0.1, 0.15) is 56.3 Å². The minimum Gasteiger partial charge on any atom is -0.356 e. The molecule has 0 aliphatic carbocycles. The number of hydrogen-bond donors (Lipinski definition) is 1. The zero-order valence-electron chi connectivity index (χ0n) is 19.6. The second kappa shape index (κ2) is 10.5. The van der Waals surface area contributed by atoms with Gasteiger partial charge in [-0.25, -0.2) is 0 Å². The zero-order chi connectivity index (χ0) is 22.5. The molecule has 0 aromatic heterocycles. The molecule has 0 radical (unpaired) electrons. The average Bonchev–Trinajstić information content (AvgIpc) is 2.83. The van der Waals surface area contributed by atoms with E-state index in [2.05, 4.69) is 36.2 Å². The van der Waals surface area contributed by atoms with Gasteiger partial charge in [0.2, 0.25) is 5.91 Å². The van der Waals surface area contributed by atoms with Crippen molar-refractivity contribution in [3.8, 4) is 0 Å². The molecule has 2 saturated heterocycles. The molecule has 172 valence electrons. The Morgan fingerprint density at radius 2 is 1.62 bits per heavy atom. The molecule has 2 aliphatic heterocycles. The molecule has 0 atom stereocenters. The van der Waals surface area contributed by atoms with Crippen molar-refractivity contribution in [2.75, 3.05) is 32.7 Å². The van der Waals surface area contributed by atoms with Crippen LogP contribution in [0.2, 0.25) is 0 Å². The number of fused-ring (bicyclic) bond motifs is 1. The number of amides is 2. The standard InChI is InChI=1S/C27H37N3O2/c1-20(2)9-14-28-26(31)22-10-15-29(16-11-22)25-12-17-30(18-13-25)27(32)24-8-7-21-5-3-4-6-23(21)19-24/h3-8,19-20,22,25H,9-18H2,1-2H3,(H,28,31). The van der Waals surface area contributed by atoms with Crippen molar-refractivity contribution >= 4 is 22.6 Å². The van der Waals surface area contributed by atoms with E-state index in [0.29, 0.717) is 12.0 Å². The Labute approximate surface area is 192 Å². The summed E-state index contributed by atoms with van der Waals surface area (Å²) in [6.07, 6.45) is 4.98. The van der Waals surface area contributed by atoms with Crippen LogP contribution < -0.4 is 5.32 Å². The van der Waals surface area contributed by atoms with E-state index in [1.54, 1.807) is 0 Å². The third kappa shape index (κ3) is 5.50. The van der Waals surface area contributed by atoms with E-state index in [4.69, 9.17) is 0 Å². The molecule has 0 bridgehead atoms. The third-order valence-corrected chi connectivity index (χ3v) is 7.19. The molecule has 32 heavy (non-hydrogen) atoms. The van der Waals surface area contributed by atoms with Crippen molar-refractivity contribution in [3.05, 3.63) is 48.0 Å². The number of piperidine rings is 2. The van der Waals surface area contributed by atoms with Crippen LogP contribution in [0.5, 0.6) is 0 Å². The van der Waals surface area contributed by atoms with E-state index in [9.17, 15) is 9.59 Å². The summed E-state index contributed by atoms with van der Waals surface area (Å²) < 4.78 is 0. The van der Waals surface area contributed by atoms with Crippen LogP contribution >= 0.6 is 0 Å². The molecule has 0 unspecified atom stereocenters. The Balaban J connectivity index is 1.23. The Kier molecular flexibility index (Phi) is 7.46. The van der Waals surface area contributed by atoms with Gasteiger partial charge in [-0.2, -0.15) is 0 Å². The van der Waals surface area contributed by atoms with Gasteiger partial charge in [-0.3, -0.25) is 9.59 Å². The summed E-state index contributed by atoms with van der Waals surface area (Å²) in [5, 5.41) is 5.40. The van der Waals surface area contributed by atoms with Crippen molar-refractivity contribution < 1.29 is 9.59 Å². The van der Waals surface area contributed by atoms with E-state index in [1.807, 2.05) is 35.2 Å². The highest BCUT2D eigenvalue weighted by Gasteiger charge is 2.31. The van der Waals surface area contributed by atoms with Crippen LogP contribution in [0.4, 0.5) is 0 Å². The number of carbonyl (C=O) groups is 2. The van der Waals surface area contributed by atoms with E-state index in [-0.39, 0.29) is 17.7 Å². The number of nitrogens with zero attached hydrogens (tertiary/aromatic N) is 2. The minimum atomic E-state index is 0.144. The number of nitrogens with one attached hydrogen (secondary N) is 1. The van der Waals surface area contributed by atoms with Crippen LogP contribution in [0.25, 0.3) is 10.8 Å². The summed E-state index contributed by atoms with van der Waals surface area (Å²) in [5.74, 6) is 1.16. The van der Waals surface area contributed by atoms with Gasteiger partial charge in [-0.1, -0.05) is 44.2 Å². The molecule has 2 aliphatic rings. The van der Waals surface area contributed by atoms with Gasteiger partial charge in [-0.05, 0) is 74.0 Å². The van der Waals surface area contributed by atoms with Gasteiger partial charge >= 0.3 is 0 Å². The Morgan fingerprint density at radius 3 is 2.31 bits per heavy atom. The molecule has 1 N–H and O–H groups in total. The van der Waals surface area contributed by atoms with Crippen molar-refractivity contribution in [1.82, 2.24) is 15.1 Å². The molecule has 2 aromatic rings. The van der Waals surface area contributed by atoms with Gasteiger partial charge in [0.1, 0.15) is 0 Å². The summed E-state index contributed by atoms with van der Waals surface area (Å²) in [4.78, 5) is 30.0. The lowest BCUT2D eigenvalue weighted by Crippen LogP contribution is -2.50. The van der Waals surface area contributed by atoms with Gasteiger partial charge in [0.15, 0.2) is 0 Å². The number of hydrogen-bond acceptors (Lipinski definition) is 3. The number of likely N-dealkylation sites (tertiary alicyclic amines) is 2. The number of carbonyl (C=O) groups excluding carboxylic acids is 2. The van der Waals surface area contributed by atoms with E-state index < -0.39 is 0 Å². The second-order valence-corrected chi connectivity index (χ2v) is 9.87. The molecule has 2 heterocycles. The summed E-state index contributed by atoms with van der Waals surface area (Å²) in [6, 6.07) is 14.7. The van der Waals surface area contributed by atoms with Crippen LogP contribution in [0, 0.1) is 11.8 Å². The first-order chi connectivity index (χ1) is 15.5. The van der Waals surface area contributed by atoms with Gasteiger partial charge < -0.3 is 15.1 Å². The Hall–Kier alpha value is -2.40. The highest BCUT2D eigenvalue weighted by Crippen LogP contribution is 2.25.